The summed E-state index contributed by atoms with van der Waals surface area (Å²) in [6, 6.07) is 12.0. The number of hydrogen-bond donors (Lipinski definition) is 0. The molecule has 3 nitrogen and oxygen atoms in total. The molecule has 1 aliphatic rings. The van der Waals surface area contributed by atoms with Crippen LogP contribution in [0.15, 0.2) is 41.8 Å². The van der Waals surface area contributed by atoms with E-state index in [4.69, 9.17) is 4.74 Å². The standard InChI is InChI=1S/C16H17NO2S/c18-16(12-19-11-13-4-2-1-3-5-13)17-8-6-15-14(10-17)7-9-20-15/h1-5,7,9H,6,8,10-12H2. The summed E-state index contributed by atoms with van der Waals surface area (Å²) in [4.78, 5) is 15.4. The predicted molar refractivity (Wildman–Crippen MR) is 79.5 cm³/mol. The molecule has 1 amide bonds. The summed E-state index contributed by atoms with van der Waals surface area (Å²) in [7, 11) is 0. The highest BCUT2D eigenvalue weighted by Gasteiger charge is 2.21. The summed E-state index contributed by atoms with van der Waals surface area (Å²) in [6.45, 7) is 2.19. The number of benzene rings is 1. The third-order valence-electron chi connectivity index (χ3n) is 3.50. The van der Waals surface area contributed by atoms with Crippen LogP contribution in [0.5, 0.6) is 0 Å². The van der Waals surface area contributed by atoms with E-state index in [2.05, 4.69) is 11.4 Å². The maximum atomic E-state index is 12.1. The van der Waals surface area contributed by atoms with E-state index in [9.17, 15) is 4.79 Å². The minimum Gasteiger partial charge on any atom is -0.367 e. The van der Waals surface area contributed by atoms with Gasteiger partial charge in [-0.15, -0.1) is 11.3 Å². The van der Waals surface area contributed by atoms with Crippen molar-refractivity contribution in [3.8, 4) is 0 Å². The van der Waals surface area contributed by atoms with Crippen LogP contribution in [0.3, 0.4) is 0 Å². The quantitative estimate of drug-likeness (QED) is 0.865. The van der Waals surface area contributed by atoms with Gasteiger partial charge in [-0.1, -0.05) is 30.3 Å². The molecule has 2 aromatic rings. The average Bonchev–Trinajstić information content (AvgIpc) is 2.95. The summed E-state index contributed by atoms with van der Waals surface area (Å²) in [6.07, 6.45) is 0.970. The molecule has 0 saturated heterocycles. The Bertz CT molecular complexity index is 579. The second-order valence-corrected chi connectivity index (χ2v) is 5.91. The molecule has 0 fully saturated rings. The number of fused-ring (bicyclic) bond motifs is 1. The van der Waals surface area contributed by atoms with Gasteiger partial charge >= 0.3 is 0 Å². The Kier molecular flexibility index (Phi) is 4.14. The molecular weight excluding hydrogens is 270 g/mol. The second-order valence-electron chi connectivity index (χ2n) is 4.91. The van der Waals surface area contributed by atoms with E-state index in [-0.39, 0.29) is 12.5 Å². The average molecular weight is 287 g/mol. The molecule has 0 N–H and O–H groups in total. The monoisotopic (exact) mass is 287 g/mol. The molecule has 0 bridgehead atoms. The summed E-state index contributed by atoms with van der Waals surface area (Å²) < 4.78 is 5.52. The van der Waals surface area contributed by atoms with Crippen molar-refractivity contribution >= 4 is 17.2 Å². The summed E-state index contributed by atoms with van der Waals surface area (Å²) in [5.74, 6) is 0.0813. The van der Waals surface area contributed by atoms with Gasteiger partial charge in [0.25, 0.3) is 0 Å². The van der Waals surface area contributed by atoms with Crippen LogP contribution in [-0.2, 0) is 29.1 Å². The molecule has 0 atom stereocenters. The van der Waals surface area contributed by atoms with Crippen molar-refractivity contribution in [2.24, 2.45) is 0 Å². The largest absolute Gasteiger partial charge is 0.367 e. The van der Waals surface area contributed by atoms with Gasteiger partial charge < -0.3 is 9.64 Å². The van der Waals surface area contributed by atoms with Gasteiger partial charge in [0.05, 0.1) is 6.61 Å². The van der Waals surface area contributed by atoms with Crippen LogP contribution in [0, 0.1) is 0 Å². The molecule has 2 heterocycles. The lowest BCUT2D eigenvalue weighted by atomic mass is 10.1. The van der Waals surface area contributed by atoms with Crippen molar-refractivity contribution in [3.63, 3.8) is 0 Å². The van der Waals surface area contributed by atoms with Gasteiger partial charge in [0, 0.05) is 18.0 Å². The number of thiophene rings is 1. The SMILES string of the molecule is O=C(COCc1ccccc1)N1CCc2sccc2C1. The molecule has 0 aliphatic carbocycles. The smallest absolute Gasteiger partial charge is 0.248 e. The zero-order chi connectivity index (χ0) is 13.8. The first-order chi connectivity index (χ1) is 9.83. The Labute approximate surface area is 122 Å². The molecule has 0 spiro atoms. The first kappa shape index (κ1) is 13.3. The van der Waals surface area contributed by atoms with E-state index in [0.29, 0.717) is 6.61 Å². The number of amides is 1. The van der Waals surface area contributed by atoms with Crippen molar-refractivity contribution in [2.75, 3.05) is 13.2 Å². The van der Waals surface area contributed by atoms with Crippen LogP contribution < -0.4 is 0 Å². The molecule has 0 saturated carbocycles. The molecule has 1 aromatic carbocycles. The molecule has 104 valence electrons. The van der Waals surface area contributed by atoms with Crippen LogP contribution >= 0.6 is 11.3 Å². The molecule has 20 heavy (non-hydrogen) atoms. The van der Waals surface area contributed by atoms with Gasteiger partial charge in [-0.25, -0.2) is 0 Å². The van der Waals surface area contributed by atoms with Gasteiger partial charge in [-0.05, 0) is 29.0 Å². The first-order valence-electron chi connectivity index (χ1n) is 6.77. The molecular formula is C16H17NO2S. The fourth-order valence-electron chi connectivity index (χ4n) is 2.38. The topological polar surface area (TPSA) is 29.5 Å². The zero-order valence-corrected chi connectivity index (χ0v) is 12.1. The van der Waals surface area contributed by atoms with Crippen LogP contribution in [0.25, 0.3) is 0 Å². The van der Waals surface area contributed by atoms with E-state index < -0.39 is 0 Å². The maximum Gasteiger partial charge on any atom is 0.248 e. The number of nitrogens with zero attached hydrogens (tertiary/aromatic N) is 1. The van der Waals surface area contributed by atoms with E-state index in [1.54, 1.807) is 11.3 Å². The van der Waals surface area contributed by atoms with Gasteiger partial charge in [0.15, 0.2) is 0 Å². The molecule has 0 radical (unpaired) electrons. The minimum absolute atomic E-state index is 0.0813. The lowest BCUT2D eigenvalue weighted by Gasteiger charge is -2.26. The van der Waals surface area contributed by atoms with Gasteiger partial charge in [-0.3, -0.25) is 4.79 Å². The summed E-state index contributed by atoms with van der Waals surface area (Å²) in [5, 5.41) is 2.10. The van der Waals surface area contributed by atoms with Crippen molar-refractivity contribution in [1.29, 1.82) is 0 Å². The molecule has 3 rings (SSSR count). The lowest BCUT2D eigenvalue weighted by Crippen LogP contribution is -2.37. The highest BCUT2D eigenvalue weighted by molar-refractivity contribution is 7.10. The number of rotatable bonds is 4. The highest BCUT2D eigenvalue weighted by atomic mass is 32.1. The highest BCUT2D eigenvalue weighted by Crippen LogP contribution is 2.23. The number of carbonyl (C=O) groups is 1. The van der Waals surface area contributed by atoms with Gasteiger partial charge in [0.2, 0.25) is 5.91 Å². The minimum atomic E-state index is 0.0813. The van der Waals surface area contributed by atoms with E-state index in [1.807, 2.05) is 35.2 Å². The third-order valence-corrected chi connectivity index (χ3v) is 4.52. The zero-order valence-electron chi connectivity index (χ0n) is 11.2. The number of ether oxygens (including phenoxy) is 1. The fraction of sp³-hybridized carbons (Fsp3) is 0.312. The van der Waals surface area contributed by atoms with Crippen molar-refractivity contribution < 1.29 is 9.53 Å². The predicted octanol–water partition coefficient (Wildman–Crippen LogP) is 2.85. The molecule has 1 aromatic heterocycles. The normalized spacial score (nSPS) is 14.1. The van der Waals surface area contributed by atoms with Crippen molar-refractivity contribution in [1.82, 2.24) is 4.90 Å². The molecule has 0 unspecified atom stereocenters. The Morgan fingerprint density at radius 3 is 2.95 bits per heavy atom. The first-order valence-corrected chi connectivity index (χ1v) is 7.65. The summed E-state index contributed by atoms with van der Waals surface area (Å²) in [5.41, 5.74) is 2.39. The third kappa shape index (κ3) is 3.08. The Hall–Kier alpha value is -1.65. The number of carbonyl (C=O) groups excluding carboxylic acids is 1. The van der Waals surface area contributed by atoms with Crippen molar-refractivity contribution in [3.05, 3.63) is 57.8 Å². The van der Waals surface area contributed by atoms with E-state index >= 15 is 0 Å². The van der Waals surface area contributed by atoms with Crippen LogP contribution in [0.2, 0.25) is 0 Å². The Morgan fingerprint density at radius 2 is 2.10 bits per heavy atom. The van der Waals surface area contributed by atoms with Gasteiger partial charge in [-0.2, -0.15) is 0 Å². The van der Waals surface area contributed by atoms with Crippen LogP contribution in [0.4, 0.5) is 0 Å². The van der Waals surface area contributed by atoms with Crippen LogP contribution in [0.1, 0.15) is 16.0 Å². The fourth-order valence-corrected chi connectivity index (χ4v) is 3.27. The molecule has 1 aliphatic heterocycles. The Morgan fingerprint density at radius 1 is 1.25 bits per heavy atom. The van der Waals surface area contributed by atoms with Gasteiger partial charge in [0.1, 0.15) is 6.61 Å². The second kappa shape index (κ2) is 6.20. The molecule has 4 heteroatoms. The maximum absolute atomic E-state index is 12.1. The summed E-state index contributed by atoms with van der Waals surface area (Å²) >= 11 is 1.79. The Balaban J connectivity index is 1.48. The van der Waals surface area contributed by atoms with E-state index in [1.165, 1.54) is 10.4 Å². The number of hydrogen-bond acceptors (Lipinski definition) is 3. The van der Waals surface area contributed by atoms with Crippen LogP contribution in [-0.4, -0.2) is 24.0 Å². The lowest BCUT2D eigenvalue weighted by molar-refractivity contribution is -0.137. The van der Waals surface area contributed by atoms with E-state index in [0.717, 1.165) is 25.1 Å². The van der Waals surface area contributed by atoms with Crippen molar-refractivity contribution in [2.45, 2.75) is 19.6 Å².